The van der Waals surface area contributed by atoms with Crippen LogP contribution in [-0.2, 0) is 20.7 Å². The third kappa shape index (κ3) is 4.03. The summed E-state index contributed by atoms with van der Waals surface area (Å²) >= 11 is 0. The highest BCUT2D eigenvalue weighted by molar-refractivity contribution is 5.82. The van der Waals surface area contributed by atoms with Gasteiger partial charge in [0.2, 0.25) is 0 Å². The lowest BCUT2D eigenvalue weighted by atomic mass is 10.1. The molecule has 1 fully saturated rings. The Bertz CT molecular complexity index is 696. The smallest absolute Gasteiger partial charge is 0.411 e. The van der Waals surface area contributed by atoms with Crippen LogP contribution in [-0.4, -0.2) is 55.0 Å². The van der Waals surface area contributed by atoms with E-state index in [1.807, 2.05) is 18.2 Å². The van der Waals surface area contributed by atoms with Crippen molar-refractivity contribution < 1.29 is 28.5 Å². The summed E-state index contributed by atoms with van der Waals surface area (Å²) in [6, 6.07) is 5.00. The molecular weight excluding hydrogens is 338 g/mol. The Labute approximate surface area is 153 Å². The van der Waals surface area contributed by atoms with Crippen molar-refractivity contribution in [2.45, 2.75) is 51.4 Å². The van der Waals surface area contributed by atoms with Gasteiger partial charge in [0.1, 0.15) is 29.2 Å². The van der Waals surface area contributed by atoms with Crippen LogP contribution >= 0.6 is 0 Å². The highest BCUT2D eigenvalue weighted by Crippen LogP contribution is 2.32. The van der Waals surface area contributed by atoms with Crippen LogP contribution in [0, 0.1) is 0 Å². The number of likely N-dealkylation sites (tertiary alicyclic amines) is 1. The molecule has 1 aromatic carbocycles. The van der Waals surface area contributed by atoms with Gasteiger partial charge in [-0.2, -0.15) is 0 Å². The topological polar surface area (TPSA) is 74.3 Å². The minimum Gasteiger partial charge on any atom is -0.493 e. The van der Waals surface area contributed by atoms with Gasteiger partial charge in [-0.15, -0.1) is 0 Å². The molecule has 0 bridgehead atoms. The second kappa shape index (κ2) is 7.05. The molecule has 7 nitrogen and oxygen atoms in total. The molecule has 26 heavy (non-hydrogen) atoms. The summed E-state index contributed by atoms with van der Waals surface area (Å²) in [6.45, 7) is 6.29. The van der Waals surface area contributed by atoms with Crippen molar-refractivity contribution in [3.8, 4) is 11.5 Å². The van der Waals surface area contributed by atoms with Crippen LogP contribution in [0.5, 0.6) is 11.5 Å². The van der Waals surface area contributed by atoms with Crippen molar-refractivity contribution in [3.63, 3.8) is 0 Å². The molecule has 0 aromatic heterocycles. The number of carbonyl (C=O) groups excluding carboxylic acids is 2. The van der Waals surface area contributed by atoms with Gasteiger partial charge in [0.25, 0.3) is 0 Å². The summed E-state index contributed by atoms with van der Waals surface area (Å²) in [5.74, 6) is 1.01. The normalized spacial score (nSPS) is 21.8. The number of methoxy groups -OCH3 is 1. The first-order valence-corrected chi connectivity index (χ1v) is 8.76. The summed E-state index contributed by atoms with van der Waals surface area (Å²) in [4.78, 5) is 25.9. The number of fused-ring (bicyclic) bond motifs is 1. The second-order valence-corrected chi connectivity index (χ2v) is 7.52. The van der Waals surface area contributed by atoms with E-state index < -0.39 is 23.7 Å². The monoisotopic (exact) mass is 363 g/mol. The zero-order valence-electron chi connectivity index (χ0n) is 15.6. The molecule has 2 aliphatic heterocycles. The number of carbonyl (C=O) groups is 2. The maximum absolute atomic E-state index is 12.5. The van der Waals surface area contributed by atoms with Gasteiger partial charge >= 0.3 is 12.1 Å². The molecule has 3 rings (SSSR count). The van der Waals surface area contributed by atoms with Crippen molar-refractivity contribution in [1.29, 1.82) is 0 Å². The van der Waals surface area contributed by atoms with Gasteiger partial charge in [-0.3, -0.25) is 4.90 Å². The molecule has 7 heteroatoms. The average Bonchev–Trinajstić information content (AvgIpc) is 3.18. The summed E-state index contributed by atoms with van der Waals surface area (Å²) < 4.78 is 21.8. The Hall–Kier alpha value is -2.44. The van der Waals surface area contributed by atoms with E-state index in [0.29, 0.717) is 18.8 Å². The summed E-state index contributed by atoms with van der Waals surface area (Å²) in [7, 11) is 1.31. The third-order valence-electron chi connectivity index (χ3n) is 4.33. The Morgan fingerprint density at radius 2 is 2.04 bits per heavy atom. The molecule has 0 spiro atoms. The van der Waals surface area contributed by atoms with Gasteiger partial charge in [0.15, 0.2) is 0 Å². The van der Waals surface area contributed by atoms with Gasteiger partial charge in [0.05, 0.1) is 20.3 Å². The van der Waals surface area contributed by atoms with Crippen molar-refractivity contribution >= 4 is 12.1 Å². The molecule has 2 aliphatic rings. The predicted octanol–water partition coefficient (Wildman–Crippen LogP) is 2.55. The largest absolute Gasteiger partial charge is 0.493 e. The van der Waals surface area contributed by atoms with Crippen LogP contribution in [0.2, 0.25) is 0 Å². The van der Waals surface area contributed by atoms with Gasteiger partial charge in [-0.1, -0.05) is 6.07 Å². The number of ether oxygens (including phenoxy) is 4. The van der Waals surface area contributed by atoms with Crippen LogP contribution in [0.15, 0.2) is 18.2 Å². The fraction of sp³-hybridized carbons (Fsp3) is 0.579. The van der Waals surface area contributed by atoms with Crippen LogP contribution in [0.25, 0.3) is 0 Å². The molecule has 0 N–H and O–H groups in total. The number of nitrogens with zero attached hydrogens (tertiary/aromatic N) is 1. The van der Waals surface area contributed by atoms with Crippen LogP contribution < -0.4 is 9.47 Å². The van der Waals surface area contributed by atoms with Crippen molar-refractivity contribution in [2.75, 3.05) is 20.3 Å². The minimum absolute atomic E-state index is 0.257. The van der Waals surface area contributed by atoms with Gasteiger partial charge in [-0.05, 0) is 32.4 Å². The first-order chi connectivity index (χ1) is 12.3. The maximum Gasteiger partial charge on any atom is 0.411 e. The summed E-state index contributed by atoms with van der Waals surface area (Å²) in [5, 5.41) is 0. The van der Waals surface area contributed by atoms with E-state index in [-0.39, 0.29) is 12.6 Å². The SMILES string of the molecule is COC(=O)[C@@H]1C[C@H](Oc2ccc3c(c2)OCC3)CN1C(=O)OC(C)(C)C. The van der Waals surface area contributed by atoms with Crippen molar-refractivity contribution in [1.82, 2.24) is 4.90 Å². The van der Waals surface area contributed by atoms with E-state index in [1.165, 1.54) is 12.0 Å². The average molecular weight is 363 g/mol. The molecular formula is C19H25NO6. The molecule has 1 amide bonds. The first kappa shape index (κ1) is 18.4. The highest BCUT2D eigenvalue weighted by atomic mass is 16.6. The molecule has 1 saturated heterocycles. The van der Waals surface area contributed by atoms with E-state index in [4.69, 9.17) is 18.9 Å². The minimum atomic E-state index is -0.717. The van der Waals surface area contributed by atoms with E-state index in [9.17, 15) is 9.59 Å². The van der Waals surface area contributed by atoms with Crippen molar-refractivity contribution in [3.05, 3.63) is 23.8 Å². The molecule has 142 valence electrons. The third-order valence-corrected chi connectivity index (χ3v) is 4.33. The van der Waals surface area contributed by atoms with E-state index in [2.05, 4.69) is 0 Å². The van der Waals surface area contributed by atoms with Crippen molar-refractivity contribution in [2.24, 2.45) is 0 Å². The molecule has 2 heterocycles. The zero-order valence-corrected chi connectivity index (χ0v) is 15.6. The maximum atomic E-state index is 12.5. The molecule has 0 unspecified atom stereocenters. The van der Waals surface area contributed by atoms with Crippen LogP contribution in [0.4, 0.5) is 4.79 Å². The number of esters is 1. The lowest BCUT2D eigenvalue weighted by molar-refractivity contribution is -0.145. The second-order valence-electron chi connectivity index (χ2n) is 7.52. The van der Waals surface area contributed by atoms with Crippen LogP contribution in [0.1, 0.15) is 32.8 Å². The molecule has 1 aromatic rings. The van der Waals surface area contributed by atoms with E-state index in [1.54, 1.807) is 20.8 Å². The molecule has 0 aliphatic carbocycles. The number of hydrogen-bond acceptors (Lipinski definition) is 6. The number of rotatable bonds is 3. The number of amides is 1. The van der Waals surface area contributed by atoms with Gasteiger partial charge < -0.3 is 18.9 Å². The zero-order chi connectivity index (χ0) is 18.9. The van der Waals surface area contributed by atoms with Gasteiger partial charge in [-0.25, -0.2) is 9.59 Å². The fourth-order valence-corrected chi connectivity index (χ4v) is 3.18. The Kier molecular flexibility index (Phi) is 4.98. The lowest BCUT2D eigenvalue weighted by Gasteiger charge is -2.27. The Morgan fingerprint density at radius 1 is 1.27 bits per heavy atom. The van der Waals surface area contributed by atoms with E-state index >= 15 is 0 Å². The van der Waals surface area contributed by atoms with Gasteiger partial charge in [0, 0.05) is 18.9 Å². The van der Waals surface area contributed by atoms with E-state index in [0.717, 1.165) is 17.7 Å². The Morgan fingerprint density at radius 3 is 2.73 bits per heavy atom. The highest BCUT2D eigenvalue weighted by Gasteiger charge is 2.43. The number of benzene rings is 1. The summed E-state index contributed by atoms with van der Waals surface area (Å²) in [5.41, 5.74) is 0.514. The summed E-state index contributed by atoms with van der Waals surface area (Å²) in [6.07, 6.45) is 0.377. The van der Waals surface area contributed by atoms with Crippen LogP contribution in [0.3, 0.4) is 0 Å². The number of hydrogen-bond donors (Lipinski definition) is 0. The first-order valence-electron chi connectivity index (χ1n) is 8.76. The lowest BCUT2D eigenvalue weighted by Crippen LogP contribution is -2.44. The Balaban J connectivity index is 1.71. The molecule has 2 atom stereocenters. The molecule has 0 radical (unpaired) electrons. The molecule has 0 saturated carbocycles. The predicted molar refractivity (Wildman–Crippen MR) is 93.4 cm³/mol. The quantitative estimate of drug-likeness (QED) is 0.769. The fourth-order valence-electron chi connectivity index (χ4n) is 3.18. The standard InChI is InChI=1S/C19H25NO6/c1-19(2,3)26-18(22)20-11-14(9-15(20)17(21)23-4)25-13-6-5-12-7-8-24-16(12)10-13/h5-6,10,14-15H,7-9,11H2,1-4H3/t14-,15-/m0/s1.